The quantitative estimate of drug-likeness (QED) is 0.654. The van der Waals surface area contributed by atoms with Crippen molar-refractivity contribution >= 4 is 15.9 Å². The Morgan fingerprint density at radius 2 is 2.32 bits per heavy atom. The number of nitrogens with zero attached hydrogens (tertiary/aromatic N) is 3. The SMILES string of the molecule is CCCn1ncc(Br)c1C(NN)c1cccnc1C. The molecule has 0 saturated carbocycles. The topological polar surface area (TPSA) is 68.8 Å². The van der Waals surface area contributed by atoms with E-state index in [4.69, 9.17) is 5.84 Å². The molecule has 0 amide bonds. The average Bonchev–Trinajstić information content (AvgIpc) is 2.75. The Bertz CT molecular complexity index is 552. The van der Waals surface area contributed by atoms with Crippen LogP contribution >= 0.6 is 15.9 Å². The molecule has 0 spiro atoms. The molecule has 0 bridgehead atoms. The summed E-state index contributed by atoms with van der Waals surface area (Å²) in [6, 6.07) is 3.82. The number of hydrogen-bond donors (Lipinski definition) is 2. The molecule has 0 aromatic carbocycles. The van der Waals surface area contributed by atoms with Crippen molar-refractivity contribution in [1.29, 1.82) is 0 Å². The Labute approximate surface area is 121 Å². The molecule has 5 nitrogen and oxygen atoms in total. The zero-order valence-electron chi connectivity index (χ0n) is 11.1. The van der Waals surface area contributed by atoms with Crippen molar-refractivity contribution in [3.8, 4) is 0 Å². The van der Waals surface area contributed by atoms with E-state index < -0.39 is 0 Å². The fourth-order valence-electron chi connectivity index (χ4n) is 2.17. The lowest BCUT2D eigenvalue weighted by atomic mass is 10.0. The number of rotatable bonds is 5. The van der Waals surface area contributed by atoms with E-state index >= 15 is 0 Å². The summed E-state index contributed by atoms with van der Waals surface area (Å²) >= 11 is 3.55. The Morgan fingerprint density at radius 1 is 1.53 bits per heavy atom. The molecule has 1 atom stereocenters. The number of aromatic nitrogens is 3. The zero-order valence-corrected chi connectivity index (χ0v) is 12.7. The summed E-state index contributed by atoms with van der Waals surface area (Å²) in [6.07, 6.45) is 4.61. The monoisotopic (exact) mass is 323 g/mol. The first-order valence-electron chi connectivity index (χ1n) is 6.27. The first-order valence-corrected chi connectivity index (χ1v) is 7.07. The number of hydrogen-bond acceptors (Lipinski definition) is 4. The minimum absolute atomic E-state index is 0.128. The molecule has 19 heavy (non-hydrogen) atoms. The molecule has 0 aliphatic heterocycles. The maximum Gasteiger partial charge on any atom is 0.0907 e. The van der Waals surface area contributed by atoms with Gasteiger partial charge in [0.15, 0.2) is 0 Å². The molecule has 1 unspecified atom stereocenters. The van der Waals surface area contributed by atoms with Crippen LogP contribution in [0.5, 0.6) is 0 Å². The third-order valence-electron chi connectivity index (χ3n) is 3.07. The van der Waals surface area contributed by atoms with E-state index in [1.165, 1.54) is 0 Å². The molecule has 0 saturated heterocycles. The number of pyridine rings is 1. The van der Waals surface area contributed by atoms with Gasteiger partial charge in [-0.2, -0.15) is 5.10 Å². The van der Waals surface area contributed by atoms with Gasteiger partial charge >= 0.3 is 0 Å². The smallest absolute Gasteiger partial charge is 0.0907 e. The Kier molecular flexibility index (Phi) is 4.68. The Morgan fingerprint density at radius 3 is 2.95 bits per heavy atom. The maximum absolute atomic E-state index is 5.76. The second-order valence-electron chi connectivity index (χ2n) is 4.38. The van der Waals surface area contributed by atoms with Crippen molar-refractivity contribution in [2.75, 3.05) is 0 Å². The summed E-state index contributed by atoms with van der Waals surface area (Å²) in [5.41, 5.74) is 5.92. The number of hydrazine groups is 1. The highest BCUT2D eigenvalue weighted by Crippen LogP contribution is 2.29. The van der Waals surface area contributed by atoms with E-state index in [0.717, 1.165) is 34.4 Å². The van der Waals surface area contributed by atoms with Gasteiger partial charge < -0.3 is 0 Å². The summed E-state index contributed by atoms with van der Waals surface area (Å²) in [5, 5.41) is 4.38. The van der Waals surface area contributed by atoms with E-state index in [0.29, 0.717) is 0 Å². The summed E-state index contributed by atoms with van der Waals surface area (Å²) in [5.74, 6) is 5.76. The van der Waals surface area contributed by atoms with Crippen molar-refractivity contribution in [3.63, 3.8) is 0 Å². The molecule has 2 rings (SSSR count). The molecular weight excluding hydrogens is 306 g/mol. The van der Waals surface area contributed by atoms with E-state index in [1.807, 2.05) is 23.7 Å². The summed E-state index contributed by atoms with van der Waals surface area (Å²) in [7, 11) is 0. The first kappa shape index (κ1) is 14.2. The molecule has 3 N–H and O–H groups in total. The molecule has 0 aliphatic rings. The van der Waals surface area contributed by atoms with Gasteiger partial charge in [0.2, 0.25) is 0 Å². The van der Waals surface area contributed by atoms with Gasteiger partial charge in [-0.15, -0.1) is 0 Å². The van der Waals surface area contributed by atoms with Crippen LogP contribution in [0.4, 0.5) is 0 Å². The molecule has 2 heterocycles. The van der Waals surface area contributed by atoms with Gasteiger partial charge in [-0.05, 0) is 40.9 Å². The first-order chi connectivity index (χ1) is 9.19. The third kappa shape index (κ3) is 2.86. The lowest BCUT2D eigenvalue weighted by Gasteiger charge is -2.20. The molecule has 0 aliphatic carbocycles. The Balaban J connectivity index is 2.48. The van der Waals surface area contributed by atoms with Crippen molar-refractivity contribution in [2.45, 2.75) is 32.9 Å². The highest BCUT2D eigenvalue weighted by molar-refractivity contribution is 9.10. The second-order valence-corrected chi connectivity index (χ2v) is 5.23. The van der Waals surface area contributed by atoms with Crippen molar-refractivity contribution in [2.24, 2.45) is 5.84 Å². The summed E-state index contributed by atoms with van der Waals surface area (Å²) in [6.45, 7) is 4.96. The lowest BCUT2D eigenvalue weighted by molar-refractivity contribution is 0.517. The van der Waals surface area contributed by atoms with Crippen molar-refractivity contribution < 1.29 is 0 Å². The predicted molar refractivity (Wildman–Crippen MR) is 78.4 cm³/mol. The van der Waals surface area contributed by atoms with Crippen LogP contribution in [0.15, 0.2) is 29.0 Å². The lowest BCUT2D eigenvalue weighted by Crippen LogP contribution is -2.31. The molecular formula is C13H18BrN5. The number of nitrogens with two attached hydrogens (primary N) is 1. The van der Waals surface area contributed by atoms with Crippen LogP contribution in [0.1, 0.15) is 36.3 Å². The van der Waals surface area contributed by atoms with Crippen LogP contribution in [-0.4, -0.2) is 14.8 Å². The molecule has 6 heteroatoms. The van der Waals surface area contributed by atoms with Gasteiger partial charge in [-0.1, -0.05) is 13.0 Å². The van der Waals surface area contributed by atoms with Gasteiger partial charge in [-0.25, -0.2) is 5.43 Å². The minimum atomic E-state index is -0.128. The standard InChI is InChI=1S/C13H18BrN5/c1-3-7-19-13(11(14)8-17-19)12(18-15)10-5-4-6-16-9(10)2/h4-6,8,12,18H,3,7,15H2,1-2H3. The molecule has 2 aromatic heterocycles. The van der Waals surface area contributed by atoms with Gasteiger partial charge in [0.05, 0.1) is 22.4 Å². The number of nitrogens with one attached hydrogen (secondary N) is 1. The van der Waals surface area contributed by atoms with Crippen LogP contribution < -0.4 is 11.3 Å². The zero-order chi connectivity index (χ0) is 13.8. The highest BCUT2D eigenvalue weighted by Gasteiger charge is 2.22. The Hall–Kier alpha value is -1.24. The molecule has 0 fully saturated rings. The van der Waals surface area contributed by atoms with Crippen molar-refractivity contribution in [1.82, 2.24) is 20.2 Å². The van der Waals surface area contributed by atoms with Gasteiger partial charge in [-0.3, -0.25) is 15.5 Å². The summed E-state index contributed by atoms with van der Waals surface area (Å²) in [4.78, 5) is 4.32. The van der Waals surface area contributed by atoms with Crippen LogP contribution in [0.25, 0.3) is 0 Å². The van der Waals surface area contributed by atoms with Crippen LogP contribution in [0, 0.1) is 6.92 Å². The van der Waals surface area contributed by atoms with E-state index in [9.17, 15) is 0 Å². The fraction of sp³-hybridized carbons (Fsp3) is 0.385. The third-order valence-corrected chi connectivity index (χ3v) is 3.68. The van der Waals surface area contributed by atoms with Gasteiger partial charge in [0.1, 0.15) is 0 Å². The average molecular weight is 324 g/mol. The second kappa shape index (κ2) is 6.27. The van der Waals surface area contributed by atoms with Crippen LogP contribution in [0.2, 0.25) is 0 Å². The summed E-state index contributed by atoms with van der Waals surface area (Å²) < 4.78 is 2.92. The van der Waals surface area contributed by atoms with E-state index in [2.05, 4.69) is 38.4 Å². The highest BCUT2D eigenvalue weighted by atomic mass is 79.9. The van der Waals surface area contributed by atoms with Crippen LogP contribution in [-0.2, 0) is 6.54 Å². The van der Waals surface area contributed by atoms with Crippen molar-refractivity contribution in [3.05, 3.63) is 46.0 Å². The molecule has 2 aromatic rings. The number of aryl methyl sites for hydroxylation is 2. The normalized spacial score (nSPS) is 12.6. The molecule has 102 valence electrons. The maximum atomic E-state index is 5.76. The predicted octanol–water partition coefficient (Wildman–Crippen LogP) is 2.31. The van der Waals surface area contributed by atoms with Gasteiger partial charge in [0, 0.05) is 18.4 Å². The van der Waals surface area contributed by atoms with E-state index in [-0.39, 0.29) is 6.04 Å². The fourth-order valence-corrected chi connectivity index (χ4v) is 2.69. The van der Waals surface area contributed by atoms with Crippen LogP contribution in [0.3, 0.4) is 0 Å². The largest absolute Gasteiger partial charge is 0.271 e. The minimum Gasteiger partial charge on any atom is -0.271 e. The number of halogens is 1. The van der Waals surface area contributed by atoms with E-state index in [1.54, 1.807) is 12.4 Å². The molecule has 0 radical (unpaired) electrons. The van der Waals surface area contributed by atoms with Gasteiger partial charge in [0.25, 0.3) is 0 Å².